The largest absolute Gasteiger partial charge is 0.433 e. The second kappa shape index (κ2) is 4.64. The van der Waals surface area contributed by atoms with Crippen molar-refractivity contribution in [3.63, 3.8) is 0 Å². The van der Waals surface area contributed by atoms with Crippen LogP contribution in [0.15, 0.2) is 18.3 Å². The molecule has 0 aliphatic carbocycles. The minimum Gasteiger partial charge on any atom is -0.306 e. The molecule has 5 heteroatoms. The van der Waals surface area contributed by atoms with E-state index in [2.05, 4.69) is 16.9 Å². The van der Waals surface area contributed by atoms with Crippen molar-refractivity contribution in [2.75, 3.05) is 20.1 Å². The molecular weight excluding hydrogens is 229 g/mol. The molecule has 94 valence electrons. The second-order valence-corrected chi connectivity index (χ2v) is 4.55. The molecule has 2 rings (SSSR count). The molecule has 1 aromatic heterocycles. The average Bonchev–Trinajstić information content (AvgIpc) is 2.29. The van der Waals surface area contributed by atoms with E-state index in [1.54, 1.807) is 6.07 Å². The summed E-state index contributed by atoms with van der Waals surface area (Å²) < 4.78 is 37.0. The molecule has 0 saturated carbocycles. The molecular formula is C12H15F3N2. The fourth-order valence-corrected chi connectivity index (χ4v) is 2.16. The van der Waals surface area contributed by atoms with E-state index in [-0.39, 0.29) is 0 Å². The Hall–Kier alpha value is -1.10. The standard InChI is InChI=1S/C12H15F3N2/c1-17-6-4-9(5-7-17)10-2-3-11(16-8-10)12(13,14)15/h2-3,8-9H,4-7H2,1H3. The smallest absolute Gasteiger partial charge is 0.306 e. The zero-order valence-corrected chi connectivity index (χ0v) is 9.67. The highest BCUT2D eigenvalue weighted by atomic mass is 19.4. The number of hydrogen-bond acceptors (Lipinski definition) is 2. The fourth-order valence-electron chi connectivity index (χ4n) is 2.16. The van der Waals surface area contributed by atoms with E-state index in [4.69, 9.17) is 0 Å². The van der Waals surface area contributed by atoms with Crippen molar-refractivity contribution in [1.82, 2.24) is 9.88 Å². The highest BCUT2D eigenvalue weighted by molar-refractivity contribution is 5.20. The summed E-state index contributed by atoms with van der Waals surface area (Å²) in [5.74, 6) is 0.348. The van der Waals surface area contributed by atoms with Crippen molar-refractivity contribution in [2.45, 2.75) is 24.9 Å². The Bertz CT molecular complexity index is 364. The van der Waals surface area contributed by atoms with Crippen LogP contribution in [0.3, 0.4) is 0 Å². The lowest BCUT2D eigenvalue weighted by atomic mass is 9.90. The minimum atomic E-state index is -4.34. The van der Waals surface area contributed by atoms with Gasteiger partial charge in [0.05, 0.1) is 0 Å². The number of nitrogens with zero attached hydrogens (tertiary/aromatic N) is 2. The van der Waals surface area contributed by atoms with Gasteiger partial charge in [0, 0.05) is 6.20 Å². The Balaban J connectivity index is 2.08. The summed E-state index contributed by atoms with van der Waals surface area (Å²) in [7, 11) is 2.06. The third kappa shape index (κ3) is 2.97. The van der Waals surface area contributed by atoms with Gasteiger partial charge in [-0.25, -0.2) is 0 Å². The highest BCUT2D eigenvalue weighted by Crippen LogP contribution is 2.30. The van der Waals surface area contributed by atoms with Crippen LogP contribution in [-0.2, 0) is 6.18 Å². The number of rotatable bonds is 1. The maximum Gasteiger partial charge on any atom is 0.433 e. The van der Waals surface area contributed by atoms with Gasteiger partial charge in [-0.3, -0.25) is 4.98 Å². The van der Waals surface area contributed by atoms with Crippen molar-refractivity contribution in [2.24, 2.45) is 0 Å². The molecule has 0 atom stereocenters. The van der Waals surface area contributed by atoms with Gasteiger partial charge in [-0.15, -0.1) is 0 Å². The van der Waals surface area contributed by atoms with Gasteiger partial charge in [-0.1, -0.05) is 6.07 Å². The first kappa shape index (κ1) is 12.4. The van der Waals surface area contributed by atoms with E-state index >= 15 is 0 Å². The van der Waals surface area contributed by atoms with Crippen LogP contribution < -0.4 is 0 Å². The number of pyridine rings is 1. The summed E-state index contributed by atoms with van der Waals surface area (Å²) in [5.41, 5.74) is 0.111. The molecule has 2 heterocycles. The molecule has 0 aromatic carbocycles. The maximum atomic E-state index is 12.3. The van der Waals surface area contributed by atoms with E-state index in [0.29, 0.717) is 5.92 Å². The molecule has 0 amide bonds. The average molecular weight is 244 g/mol. The van der Waals surface area contributed by atoms with Gasteiger partial charge < -0.3 is 4.90 Å². The Morgan fingerprint density at radius 3 is 2.35 bits per heavy atom. The monoisotopic (exact) mass is 244 g/mol. The number of hydrogen-bond donors (Lipinski definition) is 0. The predicted octanol–water partition coefficient (Wildman–Crippen LogP) is 2.91. The van der Waals surface area contributed by atoms with Crippen molar-refractivity contribution in [3.8, 4) is 0 Å². The zero-order chi connectivity index (χ0) is 12.5. The molecule has 0 unspecified atom stereocenters. The van der Waals surface area contributed by atoms with E-state index in [9.17, 15) is 13.2 Å². The summed E-state index contributed by atoms with van der Waals surface area (Å²) in [4.78, 5) is 5.74. The molecule has 0 N–H and O–H groups in total. The lowest BCUT2D eigenvalue weighted by Gasteiger charge is -2.29. The Morgan fingerprint density at radius 2 is 1.88 bits per heavy atom. The van der Waals surface area contributed by atoms with Crippen molar-refractivity contribution >= 4 is 0 Å². The van der Waals surface area contributed by atoms with Gasteiger partial charge in [0.15, 0.2) is 0 Å². The predicted molar refractivity (Wildman–Crippen MR) is 58.7 cm³/mol. The molecule has 0 spiro atoms. The van der Waals surface area contributed by atoms with Crippen LogP contribution >= 0.6 is 0 Å². The van der Waals surface area contributed by atoms with E-state index < -0.39 is 11.9 Å². The van der Waals surface area contributed by atoms with Gasteiger partial charge in [0.1, 0.15) is 5.69 Å². The molecule has 0 radical (unpaired) electrons. The lowest BCUT2D eigenvalue weighted by Crippen LogP contribution is -2.29. The summed E-state index contributed by atoms with van der Waals surface area (Å²) in [6.45, 7) is 1.98. The van der Waals surface area contributed by atoms with Gasteiger partial charge >= 0.3 is 6.18 Å². The SMILES string of the molecule is CN1CCC(c2ccc(C(F)(F)F)nc2)CC1. The first-order chi connectivity index (χ1) is 7.97. The summed E-state index contributed by atoms with van der Waals surface area (Å²) in [6, 6.07) is 2.64. The molecule has 1 aromatic rings. The molecule has 17 heavy (non-hydrogen) atoms. The number of halogens is 3. The van der Waals surface area contributed by atoms with E-state index in [1.165, 1.54) is 6.20 Å². The van der Waals surface area contributed by atoms with Crippen molar-refractivity contribution in [1.29, 1.82) is 0 Å². The third-order valence-corrected chi connectivity index (χ3v) is 3.27. The molecule has 1 aliphatic rings. The van der Waals surface area contributed by atoms with Crippen molar-refractivity contribution < 1.29 is 13.2 Å². The first-order valence-corrected chi connectivity index (χ1v) is 5.68. The van der Waals surface area contributed by atoms with Crippen LogP contribution in [0.2, 0.25) is 0 Å². The Morgan fingerprint density at radius 1 is 1.24 bits per heavy atom. The second-order valence-electron chi connectivity index (χ2n) is 4.55. The number of alkyl halides is 3. The van der Waals surface area contributed by atoms with Crippen LogP contribution in [0.5, 0.6) is 0 Å². The molecule has 0 bridgehead atoms. The fraction of sp³-hybridized carbons (Fsp3) is 0.583. The molecule has 1 fully saturated rings. The third-order valence-electron chi connectivity index (χ3n) is 3.27. The van der Waals surface area contributed by atoms with Crippen LogP contribution in [0.25, 0.3) is 0 Å². The summed E-state index contributed by atoms with van der Waals surface area (Å²) >= 11 is 0. The number of likely N-dealkylation sites (tertiary alicyclic amines) is 1. The molecule has 1 aliphatic heterocycles. The quantitative estimate of drug-likeness (QED) is 0.755. The zero-order valence-electron chi connectivity index (χ0n) is 9.67. The van der Waals surface area contributed by atoms with Crippen LogP contribution in [0, 0.1) is 0 Å². The summed E-state index contributed by atoms with van der Waals surface area (Å²) in [6.07, 6.45) is -0.989. The number of piperidine rings is 1. The highest BCUT2D eigenvalue weighted by Gasteiger charge is 2.32. The molecule has 1 saturated heterocycles. The molecule has 2 nitrogen and oxygen atoms in total. The summed E-state index contributed by atoms with van der Waals surface area (Å²) in [5, 5.41) is 0. The van der Waals surface area contributed by atoms with Crippen LogP contribution in [0.4, 0.5) is 13.2 Å². The van der Waals surface area contributed by atoms with Crippen LogP contribution in [0.1, 0.15) is 30.0 Å². The minimum absolute atomic E-state index is 0.348. The van der Waals surface area contributed by atoms with E-state index in [1.807, 2.05) is 0 Å². The topological polar surface area (TPSA) is 16.1 Å². The number of aromatic nitrogens is 1. The van der Waals surface area contributed by atoms with Gasteiger partial charge in [-0.2, -0.15) is 13.2 Å². The Kier molecular flexibility index (Phi) is 3.38. The maximum absolute atomic E-state index is 12.3. The normalized spacial score (nSPS) is 19.5. The van der Waals surface area contributed by atoms with Gasteiger partial charge in [-0.05, 0) is 50.5 Å². The van der Waals surface area contributed by atoms with Crippen molar-refractivity contribution in [3.05, 3.63) is 29.6 Å². The Labute approximate surface area is 98.5 Å². The first-order valence-electron chi connectivity index (χ1n) is 5.68. The van der Waals surface area contributed by atoms with Gasteiger partial charge in [0.2, 0.25) is 0 Å². The lowest BCUT2D eigenvalue weighted by molar-refractivity contribution is -0.141. The van der Waals surface area contributed by atoms with Crippen LogP contribution in [-0.4, -0.2) is 30.0 Å². The van der Waals surface area contributed by atoms with Gasteiger partial charge in [0.25, 0.3) is 0 Å². The van der Waals surface area contributed by atoms with E-state index in [0.717, 1.165) is 37.6 Å².